The average molecular weight is 493 g/mol. The zero-order valence-corrected chi connectivity index (χ0v) is 20.3. The highest BCUT2D eigenvalue weighted by molar-refractivity contribution is 7.92. The topological polar surface area (TPSA) is 98.9 Å². The largest absolute Gasteiger partial charge is 0.497 e. The molecule has 0 N–H and O–H groups in total. The Bertz CT molecular complexity index is 1410. The van der Waals surface area contributed by atoms with E-state index in [1.54, 1.807) is 43.3 Å². The molecule has 0 radical (unpaired) electrons. The van der Waals surface area contributed by atoms with Crippen LogP contribution in [0.25, 0.3) is 11.5 Å². The molecule has 35 heavy (non-hydrogen) atoms. The van der Waals surface area contributed by atoms with Gasteiger partial charge in [-0.2, -0.15) is 0 Å². The Labute approximate surface area is 203 Å². The summed E-state index contributed by atoms with van der Waals surface area (Å²) in [7, 11) is -0.798. The van der Waals surface area contributed by atoms with Gasteiger partial charge in [0.15, 0.2) is 0 Å². The van der Waals surface area contributed by atoms with E-state index in [0.717, 1.165) is 9.87 Å². The van der Waals surface area contributed by atoms with Gasteiger partial charge < -0.3 is 13.9 Å². The molecule has 0 saturated carbocycles. The molecule has 1 heterocycles. The number of rotatable bonds is 8. The van der Waals surface area contributed by atoms with Crippen LogP contribution in [0.1, 0.15) is 11.5 Å². The van der Waals surface area contributed by atoms with Gasteiger partial charge in [0.2, 0.25) is 5.89 Å². The Morgan fingerprint density at radius 2 is 1.57 bits per heavy atom. The minimum Gasteiger partial charge on any atom is -0.497 e. The number of benzene rings is 3. The monoisotopic (exact) mass is 492 g/mol. The number of sulfonamides is 1. The van der Waals surface area contributed by atoms with Crippen molar-refractivity contribution in [3.8, 4) is 23.0 Å². The smallest absolute Gasteiger partial charge is 0.317 e. The lowest BCUT2D eigenvalue weighted by molar-refractivity contribution is -0.133. The molecule has 0 fully saturated rings. The van der Waals surface area contributed by atoms with Crippen molar-refractivity contribution in [1.29, 1.82) is 0 Å². The molecule has 3 aromatic carbocycles. The van der Waals surface area contributed by atoms with Gasteiger partial charge in [-0.15, -0.1) is 0 Å². The van der Waals surface area contributed by atoms with Crippen LogP contribution in [-0.4, -0.2) is 33.5 Å². The summed E-state index contributed by atoms with van der Waals surface area (Å²) >= 11 is 0. The maximum Gasteiger partial charge on any atom is 0.317 e. The lowest BCUT2D eigenvalue weighted by Crippen LogP contribution is -2.26. The van der Waals surface area contributed by atoms with E-state index < -0.39 is 16.0 Å². The minimum atomic E-state index is -3.77. The maximum absolute atomic E-state index is 12.9. The molecule has 0 amide bonds. The molecule has 0 spiro atoms. The molecular weight excluding hydrogens is 468 g/mol. The number of aryl methyl sites for hydroxylation is 1. The Balaban J connectivity index is 1.42. The minimum absolute atomic E-state index is 0.0599. The number of ether oxygens (including phenoxy) is 2. The van der Waals surface area contributed by atoms with Gasteiger partial charge in [0.25, 0.3) is 10.0 Å². The van der Waals surface area contributed by atoms with E-state index in [4.69, 9.17) is 13.9 Å². The number of carbonyl (C=O) groups excluding carboxylic acids is 1. The van der Waals surface area contributed by atoms with E-state index >= 15 is 0 Å². The summed E-state index contributed by atoms with van der Waals surface area (Å²) < 4.78 is 43.2. The molecule has 1 aromatic heterocycles. The molecule has 0 saturated heterocycles. The summed E-state index contributed by atoms with van der Waals surface area (Å²) in [6, 6.07) is 21.8. The second-order valence-electron chi connectivity index (χ2n) is 7.68. The van der Waals surface area contributed by atoms with Crippen molar-refractivity contribution in [3.05, 3.63) is 90.3 Å². The summed E-state index contributed by atoms with van der Waals surface area (Å²) in [5, 5.41) is 0. The van der Waals surface area contributed by atoms with Crippen LogP contribution < -0.4 is 13.8 Å². The summed E-state index contributed by atoms with van der Waals surface area (Å²) in [5.41, 5.74) is 1.73. The molecule has 0 aliphatic carbocycles. The second-order valence-corrected chi connectivity index (χ2v) is 9.65. The molecule has 8 nitrogen and oxygen atoms in total. The van der Waals surface area contributed by atoms with Crippen molar-refractivity contribution in [2.24, 2.45) is 0 Å². The Kier molecular flexibility index (Phi) is 6.88. The van der Waals surface area contributed by atoms with Gasteiger partial charge >= 0.3 is 5.97 Å². The first-order valence-corrected chi connectivity index (χ1v) is 12.2. The van der Waals surface area contributed by atoms with Crippen molar-refractivity contribution >= 4 is 21.7 Å². The predicted octanol–water partition coefficient (Wildman–Crippen LogP) is 4.63. The lowest BCUT2D eigenvalue weighted by Gasteiger charge is -2.20. The molecule has 0 aliphatic rings. The Morgan fingerprint density at radius 1 is 0.943 bits per heavy atom. The first-order valence-electron chi connectivity index (χ1n) is 10.7. The number of methoxy groups -OCH3 is 1. The quantitative estimate of drug-likeness (QED) is 0.261. The number of oxazole rings is 1. The van der Waals surface area contributed by atoms with E-state index in [2.05, 4.69) is 4.98 Å². The first-order chi connectivity index (χ1) is 16.8. The second kappa shape index (κ2) is 10.0. The summed E-state index contributed by atoms with van der Waals surface area (Å²) in [6.45, 7) is 1.75. The van der Waals surface area contributed by atoms with E-state index in [9.17, 15) is 13.2 Å². The fourth-order valence-electron chi connectivity index (χ4n) is 3.37. The number of anilines is 1. The molecule has 0 bridgehead atoms. The fourth-order valence-corrected chi connectivity index (χ4v) is 4.56. The molecule has 4 aromatic rings. The molecular formula is C26H24N2O6S. The van der Waals surface area contributed by atoms with Crippen LogP contribution in [-0.2, 0) is 21.2 Å². The predicted molar refractivity (Wildman–Crippen MR) is 131 cm³/mol. The van der Waals surface area contributed by atoms with Crippen LogP contribution in [0.3, 0.4) is 0 Å². The standard InChI is InChI=1S/C26H24N2O6S/c1-18-24(27-26(33-18)19-7-5-4-6-8-19)17-25(29)34-22-11-9-20(10-12-22)28(2)35(30,31)23-15-13-21(32-3)14-16-23/h4-16H,17H2,1-3H3. The highest BCUT2D eigenvalue weighted by atomic mass is 32.2. The van der Waals surface area contributed by atoms with Crippen molar-refractivity contribution < 1.29 is 27.1 Å². The summed E-state index contributed by atoms with van der Waals surface area (Å²) in [6.07, 6.45) is -0.0599. The van der Waals surface area contributed by atoms with Crippen LogP contribution >= 0.6 is 0 Å². The third kappa shape index (κ3) is 5.36. The van der Waals surface area contributed by atoms with Crippen LogP contribution in [0.2, 0.25) is 0 Å². The van der Waals surface area contributed by atoms with Crippen molar-refractivity contribution in [2.75, 3.05) is 18.5 Å². The SMILES string of the molecule is COc1ccc(S(=O)(=O)N(C)c2ccc(OC(=O)Cc3nc(-c4ccccc4)oc3C)cc2)cc1. The van der Waals surface area contributed by atoms with E-state index in [1.165, 1.54) is 26.3 Å². The first kappa shape index (κ1) is 24.0. The van der Waals surface area contributed by atoms with Gasteiger partial charge in [-0.05, 0) is 67.6 Å². The number of aromatic nitrogens is 1. The average Bonchev–Trinajstić information content (AvgIpc) is 3.24. The number of hydrogen-bond donors (Lipinski definition) is 0. The Morgan fingerprint density at radius 3 is 2.20 bits per heavy atom. The third-order valence-corrected chi connectivity index (χ3v) is 7.17. The molecule has 180 valence electrons. The van der Waals surface area contributed by atoms with Crippen molar-refractivity contribution in [3.63, 3.8) is 0 Å². The third-order valence-electron chi connectivity index (χ3n) is 5.38. The van der Waals surface area contributed by atoms with Gasteiger partial charge in [-0.25, -0.2) is 13.4 Å². The van der Waals surface area contributed by atoms with Crippen molar-refractivity contribution in [2.45, 2.75) is 18.2 Å². The zero-order chi connectivity index (χ0) is 25.0. The molecule has 0 atom stereocenters. The van der Waals surface area contributed by atoms with E-state index in [0.29, 0.717) is 34.5 Å². The highest BCUT2D eigenvalue weighted by Crippen LogP contribution is 2.26. The summed E-state index contributed by atoms with van der Waals surface area (Å²) in [5.74, 6) is 1.33. The molecule has 0 aliphatic heterocycles. The van der Waals surface area contributed by atoms with E-state index in [1.807, 2.05) is 30.3 Å². The number of esters is 1. The van der Waals surface area contributed by atoms with E-state index in [-0.39, 0.29) is 11.3 Å². The normalized spacial score (nSPS) is 11.2. The zero-order valence-electron chi connectivity index (χ0n) is 19.5. The maximum atomic E-state index is 12.9. The van der Waals surface area contributed by atoms with Crippen LogP contribution in [0.15, 0.2) is 88.2 Å². The summed E-state index contributed by atoms with van der Waals surface area (Å²) in [4.78, 5) is 17.0. The molecule has 4 rings (SSSR count). The van der Waals surface area contributed by atoms with Crippen molar-refractivity contribution in [1.82, 2.24) is 4.98 Å². The van der Waals surface area contributed by atoms with Crippen LogP contribution in [0.4, 0.5) is 5.69 Å². The van der Waals surface area contributed by atoms with Gasteiger partial charge in [0.05, 0.1) is 29.8 Å². The lowest BCUT2D eigenvalue weighted by atomic mass is 10.2. The van der Waals surface area contributed by atoms with Gasteiger partial charge in [0.1, 0.15) is 17.3 Å². The Hall–Kier alpha value is -4.11. The van der Waals surface area contributed by atoms with Crippen LogP contribution in [0, 0.1) is 6.92 Å². The van der Waals surface area contributed by atoms with Crippen LogP contribution in [0.5, 0.6) is 11.5 Å². The highest BCUT2D eigenvalue weighted by Gasteiger charge is 2.22. The van der Waals surface area contributed by atoms with Gasteiger partial charge in [-0.3, -0.25) is 9.10 Å². The molecule has 0 unspecified atom stereocenters. The van der Waals surface area contributed by atoms with Gasteiger partial charge in [0, 0.05) is 12.6 Å². The number of carbonyl (C=O) groups is 1. The molecule has 9 heteroatoms. The number of nitrogens with zero attached hydrogens (tertiary/aromatic N) is 2. The fraction of sp³-hybridized carbons (Fsp3) is 0.154. The number of hydrogen-bond acceptors (Lipinski definition) is 7. The van der Waals surface area contributed by atoms with Gasteiger partial charge in [-0.1, -0.05) is 18.2 Å².